The van der Waals surface area contributed by atoms with Crippen LogP contribution in [-0.4, -0.2) is 28.4 Å². The quantitative estimate of drug-likeness (QED) is 0.918. The first-order chi connectivity index (χ1) is 10.5. The van der Waals surface area contributed by atoms with Gasteiger partial charge in [-0.1, -0.05) is 35.0 Å². The van der Waals surface area contributed by atoms with E-state index in [1.165, 1.54) is 11.8 Å². The van der Waals surface area contributed by atoms with Crippen LogP contribution in [0.15, 0.2) is 34.9 Å². The summed E-state index contributed by atoms with van der Waals surface area (Å²) in [5, 5.41) is 6.81. The van der Waals surface area contributed by atoms with Crippen molar-refractivity contribution in [3.05, 3.63) is 46.7 Å². The van der Waals surface area contributed by atoms with Gasteiger partial charge in [0.25, 0.3) is 0 Å². The smallest absolute Gasteiger partial charge is 0.245 e. The first kappa shape index (κ1) is 16.0. The predicted octanol–water partition coefficient (Wildman–Crippen LogP) is 2.62. The van der Waals surface area contributed by atoms with Gasteiger partial charge in [0.15, 0.2) is 5.82 Å². The van der Waals surface area contributed by atoms with Crippen LogP contribution in [0.1, 0.15) is 18.2 Å². The van der Waals surface area contributed by atoms with Crippen LogP contribution in [0.5, 0.6) is 0 Å². The molecule has 0 fully saturated rings. The third kappa shape index (κ3) is 4.33. The fourth-order valence-electron chi connectivity index (χ4n) is 1.89. The van der Waals surface area contributed by atoms with Crippen LogP contribution in [-0.2, 0) is 16.1 Å². The van der Waals surface area contributed by atoms with Gasteiger partial charge in [-0.05, 0) is 18.6 Å². The first-order valence-corrected chi connectivity index (χ1v) is 7.05. The molecule has 0 atom stereocenters. The maximum absolute atomic E-state index is 12.0. The van der Waals surface area contributed by atoms with E-state index in [2.05, 4.69) is 10.5 Å². The van der Waals surface area contributed by atoms with Crippen molar-refractivity contribution in [1.29, 1.82) is 0 Å². The van der Waals surface area contributed by atoms with Gasteiger partial charge in [0.1, 0.15) is 12.3 Å². The van der Waals surface area contributed by atoms with Crippen molar-refractivity contribution >= 4 is 29.2 Å². The number of rotatable bonds is 5. The van der Waals surface area contributed by atoms with Crippen LogP contribution in [0.4, 0.5) is 5.82 Å². The Labute approximate surface area is 133 Å². The molecular formula is C15H16ClN3O3. The molecule has 2 rings (SSSR count). The molecule has 7 heteroatoms. The summed E-state index contributed by atoms with van der Waals surface area (Å²) < 4.78 is 4.87. The zero-order valence-electron chi connectivity index (χ0n) is 12.3. The standard InChI is InChI=1S/C15H16ClN3O3/c1-10-7-14(18-22-10)17-15(21)9-19(11(2)20)8-12-5-3-4-6-13(12)16/h3-7H,8-9H2,1-2H3,(H,17,18,21). The van der Waals surface area contributed by atoms with E-state index in [9.17, 15) is 9.59 Å². The zero-order chi connectivity index (χ0) is 16.1. The van der Waals surface area contributed by atoms with Crippen LogP contribution >= 0.6 is 11.6 Å². The number of nitrogens with zero attached hydrogens (tertiary/aromatic N) is 2. The SMILES string of the molecule is CC(=O)N(CC(=O)Nc1cc(C)on1)Cc1ccccc1Cl. The summed E-state index contributed by atoms with van der Waals surface area (Å²) in [6.45, 7) is 3.30. The lowest BCUT2D eigenvalue weighted by Gasteiger charge is -2.20. The van der Waals surface area contributed by atoms with Crippen molar-refractivity contribution in [2.24, 2.45) is 0 Å². The van der Waals surface area contributed by atoms with Gasteiger partial charge in [0.2, 0.25) is 11.8 Å². The van der Waals surface area contributed by atoms with Gasteiger partial charge in [-0.3, -0.25) is 9.59 Å². The van der Waals surface area contributed by atoms with Crippen LogP contribution < -0.4 is 5.32 Å². The number of carbonyl (C=O) groups is 2. The summed E-state index contributed by atoms with van der Waals surface area (Å²) in [7, 11) is 0. The normalized spacial score (nSPS) is 10.3. The molecule has 0 spiro atoms. The lowest BCUT2D eigenvalue weighted by Crippen LogP contribution is -2.36. The number of hydrogen-bond acceptors (Lipinski definition) is 4. The zero-order valence-corrected chi connectivity index (χ0v) is 13.1. The van der Waals surface area contributed by atoms with E-state index in [-0.39, 0.29) is 24.9 Å². The molecule has 1 aromatic heterocycles. The molecule has 1 N–H and O–H groups in total. The highest BCUT2D eigenvalue weighted by Gasteiger charge is 2.16. The fraction of sp³-hybridized carbons (Fsp3) is 0.267. The third-order valence-electron chi connectivity index (χ3n) is 2.99. The van der Waals surface area contributed by atoms with Crippen LogP contribution in [0, 0.1) is 6.92 Å². The maximum Gasteiger partial charge on any atom is 0.245 e. The number of amides is 2. The first-order valence-electron chi connectivity index (χ1n) is 6.68. The average molecular weight is 322 g/mol. The lowest BCUT2D eigenvalue weighted by molar-refractivity contribution is -0.133. The molecule has 22 heavy (non-hydrogen) atoms. The Balaban J connectivity index is 2.01. The van der Waals surface area contributed by atoms with E-state index in [0.29, 0.717) is 16.6 Å². The minimum Gasteiger partial charge on any atom is -0.360 e. The molecule has 0 aliphatic heterocycles. The van der Waals surface area contributed by atoms with Gasteiger partial charge in [-0.15, -0.1) is 0 Å². The van der Waals surface area contributed by atoms with Crippen molar-refractivity contribution in [3.63, 3.8) is 0 Å². The maximum atomic E-state index is 12.0. The predicted molar refractivity (Wildman–Crippen MR) is 82.4 cm³/mol. The Hall–Kier alpha value is -2.34. The molecule has 0 unspecified atom stereocenters. The highest BCUT2D eigenvalue weighted by molar-refractivity contribution is 6.31. The number of anilines is 1. The molecule has 0 aliphatic rings. The molecular weight excluding hydrogens is 306 g/mol. The summed E-state index contributed by atoms with van der Waals surface area (Å²) in [4.78, 5) is 25.1. The molecule has 0 bridgehead atoms. The van der Waals surface area contributed by atoms with Crippen molar-refractivity contribution in [1.82, 2.24) is 10.1 Å². The molecule has 1 aromatic carbocycles. The second-order valence-corrected chi connectivity index (χ2v) is 5.24. The number of benzene rings is 1. The largest absolute Gasteiger partial charge is 0.360 e. The van der Waals surface area contributed by atoms with Crippen molar-refractivity contribution in [2.75, 3.05) is 11.9 Å². The minimum absolute atomic E-state index is 0.0908. The second kappa shape index (κ2) is 7.09. The lowest BCUT2D eigenvalue weighted by atomic mass is 10.2. The molecule has 2 amide bonds. The summed E-state index contributed by atoms with van der Waals surface area (Å²) in [5.41, 5.74) is 0.782. The average Bonchev–Trinajstić information content (AvgIpc) is 2.85. The van der Waals surface area contributed by atoms with Gasteiger partial charge in [0, 0.05) is 24.6 Å². The van der Waals surface area contributed by atoms with E-state index >= 15 is 0 Å². The number of nitrogens with one attached hydrogen (secondary N) is 1. The number of halogens is 1. The summed E-state index contributed by atoms with van der Waals surface area (Å²) in [6, 6.07) is 8.80. The highest BCUT2D eigenvalue weighted by atomic mass is 35.5. The third-order valence-corrected chi connectivity index (χ3v) is 3.36. The molecule has 0 radical (unpaired) electrons. The van der Waals surface area contributed by atoms with Gasteiger partial charge >= 0.3 is 0 Å². The molecule has 1 heterocycles. The summed E-state index contributed by atoms with van der Waals surface area (Å²) in [5.74, 6) is 0.348. The molecule has 2 aromatic rings. The van der Waals surface area contributed by atoms with Crippen LogP contribution in [0.2, 0.25) is 5.02 Å². The number of aromatic nitrogens is 1. The van der Waals surface area contributed by atoms with E-state index < -0.39 is 0 Å². The number of carbonyl (C=O) groups excluding carboxylic acids is 2. The van der Waals surface area contributed by atoms with Gasteiger partial charge in [0.05, 0.1) is 0 Å². The van der Waals surface area contributed by atoms with Gasteiger partial charge in [-0.2, -0.15) is 0 Å². The summed E-state index contributed by atoms with van der Waals surface area (Å²) >= 11 is 6.08. The molecule has 6 nitrogen and oxygen atoms in total. The van der Waals surface area contributed by atoms with Crippen LogP contribution in [0.25, 0.3) is 0 Å². The Morgan fingerprint density at radius 3 is 2.68 bits per heavy atom. The Bertz CT molecular complexity index is 684. The monoisotopic (exact) mass is 321 g/mol. The van der Waals surface area contributed by atoms with E-state index in [0.717, 1.165) is 5.56 Å². The number of hydrogen-bond donors (Lipinski definition) is 1. The topological polar surface area (TPSA) is 75.4 Å². The van der Waals surface area contributed by atoms with Gasteiger partial charge < -0.3 is 14.7 Å². The van der Waals surface area contributed by atoms with Crippen LogP contribution in [0.3, 0.4) is 0 Å². The van der Waals surface area contributed by atoms with E-state index in [1.54, 1.807) is 19.1 Å². The Kier molecular flexibility index (Phi) is 5.16. The highest BCUT2D eigenvalue weighted by Crippen LogP contribution is 2.17. The molecule has 116 valence electrons. The van der Waals surface area contributed by atoms with Crippen molar-refractivity contribution in [3.8, 4) is 0 Å². The van der Waals surface area contributed by atoms with E-state index in [4.69, 9.17) is 16.1 Å². The number of aryl methyl sites for hydroxylation is 1. The molecule has 0 saturated heterocycles. The Morgan fingerprint density at radius 2 is 2.09 bits per heavy atom. The van der Waals surface area contributed by atoms with Gasteiger partial charge in [-0.25, -0.2) is 0 Å². The van der Waals surface area contributed by atoms with Crippen molar-refractivity contribution in [2.45, 2.75) is 20.4 Å². The molecule has 0 saturated carbocycles. The second-order valence-electron chi connectivity index (χ2n) is 4.84. The summed E-state index contributed by atoms with van der Waals surface area (Å²) in [6.07, 6.45) is 0. The minimum atomic E-state index is -0.351. The van der Waals surface area contributed by atoms with E-state index in [1.807, 2.05) is 18.2 Å². The Morgan fingerprint density at radius 1 is 1.36 bits per heavy atom. The van der Waals surface area contributed by atoms with Crippen molar-refractivity contribution < 1.29 is 14.1 Å². The fourth-order valence-corrected chi connectivity index (χ4v) is 2.09. The molecule has 0 aliphatic carbocycles.